The number of aliphatic hydroxyl groups excluding tert-OH is 1. The Hall–Kier alpha value is -1.91. The average molecular weight is 302 g/mol. The smallest absolute Gasteiger partial charge is 0.192 e. The van der Waals surface area contributed by atoms with Crippen molar-refractivity contribution in [2.75, 3.05) is 6.61 Å². The maximum absolute atomic E-state index is 12.2. The minimum absolute atomic E-state index is 0.0742. The van der Waals surface area contributed by atoms with Gasteiger partial charge in [-0.2, -0.15) is 0 Å². The molecule has 0 aliphatic heterocycles. The van der Waals surface area contributed by atoms with Crippen molar-refractivity contribution in [1.82, 2.24) is 0 Å². The zero-order valence-corrected chi connectivity index (χ0v) is 12.8. The molecule has 0 heterocycles. The molecular formula is C18H22O4. The van der Waals surface area contributed by atoms with E-state index in [0.29, 0.717) is 12.2 Å². The summed E-state index contributed by atoms with van der Waals surface area (Å²) in [5.41, 5.74) is 0.776. The van der Waals surface area contributed by atoms with Gasteiger partial charge < -0.3 is 14.9 Å². The van der Waals surface area contributed by atoms with Gasteiger partial charge in [-0.3, -0.25) is 4.79 Å². The topological polar surface area (TPSA) is 66.8 Å². The Bertz CT molecular complexity index is 574. The van der Waals surface area contributed by atoms with Gasteiger partial charge in [-0.15, -0.1) is 0 Å². The number of allylic oxidation sites excluding steroid dienone is 2. The fraction of sp³-hybridized carbons (Fsp3) is 0.389. The molecule has 1 atom stereocenters. The van der Waals surface area contributed by atoms with E-state index >= 15 is 0 Å². The Morgan fingerprint density at radius 1 is 1.27 bits per heavy atom. The van der Waals surface area contributed by atoms with Crippen LogP contribution in [-0.2, 0) is 9.53 Å². The van der Waals surface area contributed by atoms with E-state index in [1.54, 1.807) is 24.3 Å². The molecule has 22 heavy (non-hydrogen) atoms. The third kappa shape index (κ3) is 4.06. The Kier molecular flexibility index (Phi) is 5.52. The lowest BCUT2D eigenvalue weighted by Crippen LogP contribution is -2.36. The van der Waals surface area contributed by atoms with Crippen LogP contribution in [0.2, 0.25) is 0 Å². The predicted molar refractivity (Wildman–Crippen MR) is 85.2 cm³/mol. The normalized spacial score (nSPS) is 23.6. The molecule has 4 heteroatoms. The summed E-state index contributed by atoms with van der Waals surface area (Å²) in [5, 5.41) is 20.5. The first-order chi connectivity index (χ1) is 10.6. The molecule has 2 N–H and O–H groups in total. The molecule has 0 radical (unpaired) electrons. The van der Waals surface area contributed by atoms with Crippen LogP contribution >= 0.6 is 0 Å². The van der Waals surface area contributed by atoms with Crippen LogP contribution in [0.1, 0.15) is 38.2 Å². The Morgan fingerprint density at radius 2 is 2.00 bits per heavy atom. The molecule has 0 aromatic heterocycles. The maximum atomic E-state index is 12.2. The van der Waals surface area contributed by atoms with Gasteiger partial charge in [0, 0.05) is 5.56 Å². The van der Waals surface area contributed by atoms with Gasteiger partial charge >= 0.3 is 0 Å². The van der Waals surface area contributed by atoms with Crippen molar-refractivity contribution in [2.45, 2.75) is 38.4 Å². The van der Waals surface area contributed by atoms with Gasteiger partial charge in [0.15, 0.2) is 11.6 Å². The van der Waals surface area contributed by atoms with E-state index in [2.05, 4.69) is 6.92 Å². The van der Waals surface area contributed by atoms with E-state index < -0.39 is 5.79 Å². The summed E-state index contributed by atoms with van der Waals surface area (Å²) in [4.78, 5) is 12.2. The van der Waals surface area contributed by atoms with Crippen molar-refractivity contribution in [3.63, 3.8) is 0 Å². The molecule has 1 aliphatic carbocycles. The standard InChI is InChI=1S/C18H22O4/c1-2-3-7-12-22-18(21)11-10-15(16(19)13-18)17(20)14-8-5-4-6-9-14/h4-6,8-11,20-21H,2-3,7,12-13H2,1H3. The van der Waals surface area contributed by atoms with Crippen molar-refractivity contribution >= 4 is 11.5 Å². The van der Waals surface area contributed by atoms with Crippen molar-refractivity contribution in [1.29, 1.82) is 0 Å². The molecule has 4 nitrogen and oxygen atoms in total. The summed E-state index contributed by atoms with van der Waals surface area (Å²) < 4.78 is 5.42. The number of Topliss-reactive ketones (excluding diaryl/α,β-unsaturated/α-hetero) is 1. The van der Waals surface area contributed by atoms with Gasteiger partial charge in [-0.1, -0.05) is 50.1 Å². The monoisotopic (exact) mass is 302 g/mol. The van der Waals surface area contributed by atoms with E-state index in [-0.39, 0.29) is 23.5 Å². The van der Waals surface area contributed by atoms with Crippen LogP contribution < -0.4 is 0 Å². The SMILES string of the molecule is CCCCCOC1(O)C=CC(=C(O)c2ccccc2)C(=O)C1. The van der Waals surface area contributed by atoms with Gasteiger partial charge in [0.1, 0.15) is 5.76 Å². The number of hydrogen-bond donors (Lipinski definition) is 2. The van der Waals surface area contributed by atoms with Gasteiger partial charge in [0.05, 0.1) is 18.6 Å². The van der Waals surface area contributed by atoms with Crippen molar-refractivity contribution in [3.8, 4) is 0 Å². The molecule has 0 amide bonds. The second kappa shape index (κ2) is 7.38. The van der Waals surface area contributed by atoms with E-state index in [1.807, 2.05) is 6.07 Å². The second-order valence-corrected chi connectivity index (χ2v) is 5.46. The number of hydrogen-bond acceptors (Lipinski definition) is 4. The maximum Gasteiger partial charge on any atom is 0.192 e. The highest BCUT2D eigenvalue weighted by atomic mass is 16.6. The Morgan fingerprint density at radius 3 is 2.64 bits per heavy atom. The van der Waals surface area contributed by atoms with E-state index in [0.717, 1.165) is 19.3 Å². The molecule has 1 aromatic carbocycles. The van der Waals surface area contributed by atoms with Gasteiger partial charge in [-0.25, -0.2) is 0 Å². The van der Waals surface area contributed by atoms with E-state index in [4.69, 9.17) is 4.74 Å². The Balaban J connectivity index is 2.12. The fourth-order valence-electron chi connectivity index (χ4n) is 2.35. The molecular weight excluding hydrogens is 280 g/mol. The minimum Gasteiger partial charge on any atom is -0.507 e. The van der Waals surface area contributed by atoms with Crippen molar-refractivity contribution in [2.24, 2.45) is 0 Å². The minimum atomic E-state index is -1.56. The molecule has 0 fully saturated rings. The van der Waals surface area contributed by atoms with E-state index in [9.17, 15) is 15.0 Å². The summed E-state index contributed by atoms with van der Waals surface area (Å²) in [5.74, 6) is -1.97. The fourth-order valence-corrected chi connectivity index (χ4v) is 2.35. The molecule has 1 aromatic rings. The number of aliphatic hydroxyl groups is 2. The molecule has 0 saturated heterocycles. The third-order valence-electron chi connectivity index (χ3n) is 3.63. The van der Waals surface area contributed by atoms with Crippen LogP contribution in [0.15, 0.2) is 48.1 Å². The summed E-state index contributed by atoms with van der Waals surface area (Å²) in [7, 11) is 0. The highest BCUT2D eigenvalue weighted by molar-refractivity contribution is 6.05. The van der Waals surface area contributed by atoms with E-state index in [1.165, 1.54) is 12.2 Å². The summed E-state index contributed by atoms with van der Waals surface area (Å²) >= 11 is 0. The first-order valence-electron chi connectivity index (χ1n) is 7.63. The lowest BCUT2D eigenvalue weighted by atomic mass is 9.93. The van der Waals surface area contributed by atoms with Crippen LogP contribution in [0.25, 0.3) is 5.76 Å². The molecule has 2 rings (SSSR count). The zero-order valence-electron chi connectivity index (χ0n) is 12.8. The number of carbonyl (C=O) groups excluding carboxylic acids is 1. The number of ether oxygens (including phenoxy) is 1. The number of ketones is 1. The molecule has 1 aliphatic rings. The largest absolute Gasteiger partial charge is 0.507 e. The van der Waals surface area contributed by atoms with Gasteiger partial charge in [0.2, 0.25) is 0 Å². The molecule has 118 valence electrons. The number of unbranched alkanes of at least 4 members (excludes halogenated alkanes) is 2. The molecule has 0 bridgehead atoms. The Labute approximate surface area is 130 Å². The van der Waals surface area contributed by atoms with Crippen LogP contribution in [-0.4, -0.2) is 28.4 Å². The van der Waals surface area contributed by atoms with Crippen molar-refractivity contribution < 1.29 is 19.7 Å². The van der Waals surface area contributed by atoms with Crippen molar-refractivity contribution in [3.05, 3.63) is 53.6 Å². The second-order valence-electron chi connectivity index (χ2n) is 5.46. The number of carbonyl (C=O) groups is 1. The third-order valence-corrected chi connectivity index (χ3v) is 3.63. The summed E-state index contributed by atoms with van der Waals surface area (Å²) in [6.45, 7) is 2.49. The quantitative estimate of drug-likeness (QED) is 0.366. The molecule has 1 unspecified atom stereocenters. The number of benzene rings is 1. The highest BCUT2D eigenvalue weighted by Gasteiger charge is 2.34. The number of rotatable bonds is 6. The first kappa shape index (κ1) is 16.5. The summed E-state index contributed by atoms with van der Waals surface area (Å²) in [6, 6.07) is 8.87. The summed E-state index contributed by atoms with van der Waals surface area (Å²) in [6.07, 6.45) is 5.63. The van der Waals surface area contributed by atoms with Gasteiger partial charge in [-0.05, 0) is 18.6 Å². The predicted octanol–water partition coefficient (Wildman–Crippen LogP) is 3.38. The molecule has 0 saturated carbocycles. The van der Waals surface area contributed by atoms with Crippen LogP contribution in [0, 0.1) is 0 Å². The van der Waals surface area contributed by atoms with Crippen LogP contribution in [0.3, 0.4) is 0 Å². The first-order valence-corrected chi connectivity index (χ1v) is 7.63. The van der Waals surface area contributed by atoms with Crippen LogP contribution in [0.4, 0.5) is 0 Å². The average Bonchev–Trinajstić information content (AvgIpc) is 2.52. The zero-order chi connectivity index (χ0) is 16.0. The lowest BCUT2D eigenvalue weighted by Gasteiger charge is -2.28. The highest BCUT2D eigenvalue weighted by Crippen LogP contribution is 2.28. The van der Waals surface area contributed by atoms with Crippen LogP contribution in [0.5, 0.6) is 0 Å². The molecule has 0 spiro atoms. The lowest BCUT2D eigenvalue weighted by molar-refractivity contribution is -0.175. The van der Waals surface area contributed by atoms with Gasteiger partial charge in [0.25, 0.3) is 0 Å².